The first-order valence-electron chi connectivity index (χ1n) is 7.32. The molecule has 0 aromatic heterocycles. The van der Waals surface area contributed by atoms with Crippen LogP contribution < -0.4 is 9.80 Å². The molecule has 1 saturated heterocycles. The standard InChI is InChI=1S/C16H20N2O3/c1-17-14-8-12(5-6-13(14)15(19)16(17)20)18-7-3-4-11(9-18)10-21-2/h5-6,8,11H,3-4,7,9-10H2,1-2H3. The monoisotopic (exact) mass is 288 g/mol. The maximum Gasteiger partial charge on any atom is 0.299 e. The first-order valence-corrected chi connectivity index (χ1v) is 7.32. The number of fused-ring (bicyclic) bond motifs is 1. The van der Waals surface area contributed by atoms with Crippen molar-refractivity contribution in [2.75, 3.05) is 43.7 Å². The Morgan fingerprint density at radius 2 is 2.14 bits per heavy atom. The van der Waals surface area contributed by atoms with Crippen LogP contribution in [0, 0.1) is 5.92 Å². The number of piperidine rings is 1. The number of hydrogen-bond donors (Lipinski definition) is 0. The third-order valence-electron chi connectivity index (χ3n) is 4.37. The first kappa shape index (κ1) is 14.1. The lowest BCUT2D eigenvalue weighted by Crippen LogP contribution is -2.37. The minimum absolute atomic E-state index is 0.407. The number of ether oxygens (including phenoxy) is 1. The lowest BCUT2D eigenvalue weighted by molar-refractivity contribution is -0.114. The van der Waals surface area contributed by atoms with E-state index in [-0.39, 0.29) is 0 Å². The summed E-state index contributed by atoms with van der Waals surface area (Å²) in [5.74, 6) is -0.314. The van der Waals surface area contributed by atoms with Crippen LogP contribution in [0.4, 0.5) is 11.4 Å². The number of hydrogen-bond acceptors (Lipinski definition) is 4. The summed E-state index contributed by atoms with van der Waals surface area (Å²) >= 11 is 0. The van der Waals surface area contributed by atoms with E-state index in [1.54, 1.807) is 20.2 Å². The Balaban J connectivity index is 1.85. The number of amides is 1. The van der Waals surface area contributed by atoms with Crippen molar-refractivity contribution in [3.8, 4) is 0 Å². The smallest absolute Gasteiger partial charge is 0.299 e. The zero-order valence-corrected chi connectivity index (χ0v) is 12.5. The summed E-state index contributed by atoms with van der Waals surface area (Å²) in [6, 6.07) is 5.67. The van der Waals surface area contributed by atoms with Crippen LogP contribution in [0.5, 0.6) is 0 Å². The molecule has 5 heteroatoms. The van der Waals surface area contributed by atoms with Crippen molar-refractivity contribution in [3.63, 3.8) is 0 Å². The molecule has 0 bridgehead atoms. The third kappa shape index (κ3) is 2.42. The molecule has 1 fully saturated rings. The summed E-state index contributed by atoms with van der Waals surface area (Å²) in [5.41, 5.74) is 2.30. The molecule has 1 unspecified atom stereocenters. The molecule has 0 N–H and O–H groups in total. The van der Waals surface area contributed by atoms with Crippen molar-refractivity contribution in [1.82, 2.24) is 0 Å². The number of rotatable bonds is 3. The molecule has 2 aliphatic rings. The van der Waals surface area contributed by atoms with Crippen molar-refractivity contribution >= 4 is 23.1 Å². The predicted molar refractivity (Wildman–Crippen MR) is 81.0 cm³/mol. The summed E-state index contributed by atoms with van der Waals surface area (Å²) in [7, 11) is 3.39. The second-order valence-electron chi connectivity index (χ2n) is 5.80. The number of likely N-dealkylation sites (N-methyl/N-ethyl adjacent to an activating group) is 1. The van der Waals surface area contributed by atoms with E-state index in [2.05, 4.69) is 4.90 Å². The summed E-state index contributed by atoms with van der Waals surface area (Å²) in [6.07, 6.45) is 2.32. The van der Waals surface area contributed by atoms with Gasteiger partial charge in [-0.1, -0.05) is 0 Å². The lowest BCUT2D eigenvalue weighted by Gasteiger charge is -2.34. The molecule has 2 aliphatic heterocycles. The Labute approximate surface area is 124 Å². The molecule has 112 valence electrons. The molecule has 3 rings (SSSR count). The molecule has 21 heavy (non-hydrogen) atoms. The van der Waals surface area contributed by atoms with Gasteiger partial charge in [0.2, 0.25) is 0 Å². The predicted octanol–water partition coefficient (Wildman–Crippen LogP) is 1.71. The van der Waals surface area contributed by atoms with Crippen LogP contribution in [-0.4, -0.2) is 45.5 Å². The molecule has 5 nitrogen and oxygen atoms in total. The average molecular weight is 288 g/mol. The topological polar surface area (TPSA) is 49.9 Å². The van der Waals surface area contributed by atoms with Gasteiger partial charge in [0.15, 0.2) is 0 Å². The van der Waals surface area contributed by atoms with Gasteiger partial charge < -0.3 is 14.5 Å². The van der Waals surface area contributed by atoms with E-state index < -0.39 is 11.7 Å². The molecular weight excluding hydrogens is 268 g/mol. The number of benzene rings is 1. The van der Waals surface area contributed by atoms with Crippen LogP contribution in [0.25, 0.3) is 0 Å². The van der Waals surface area contributed by atoms with Crippen LogP contribution in [0.1, 0.15) is 23.2 Å². The lowest BCUT2D eigenvalue weighted by atomic mass is 9.98. The number of nitrogens with zero attached hydrogens (tertiary/aromatic N) is 2. The van der Waals surface area contributed by atoms with Crippen molar-refractivity contribution in [2.45, 2.75) is 12.8 Å². The maximum absolute atomic E-state index is 11.8. The number of Topliss-reactive ketones (excluding diaryl/α,β-unsaturated/α-hetero) is 1. The van der Waals surface area contributed by atoms with Gasteiger partial charge in [-0.15, -0.1) is 0 Å². The minimum atomic E-state index is -0.446. The van der Waals surface area contributed by atoms with Crippen LogP contribution >= 0.6 is 0 Å². The molecule has 1 atom stereocenters. The Morgan fingerprint density at radius 1 is 1.33 bits per heavy atom. The van der Waals surface area contributed by atoms with Crippen molar-refractivity contribution < 1.29 is 14.3 Å². The molecular formula is C16H20N2O3. The largest absolute Gasteiger partial charge is 0.384 e. The summed E-state index contributed by atoms with van der Waals surface area (Å²) in [6.45, 7) is 2.74. The molecule has 1 aromatic rings. The van der Waals surface area contributed by atoms with Gasteiger partial charge in [0.1, 0.15) is 0 Å². The van der Waals surface area contributed by atoms with Gasteiger partial charge in [-0.2, -0.15) is 0 Å². The molecule has 0 spiro atoms. The summed E-state index contributed by atoms with van der Waals surface area (Å²) < 4.78 is 5.26. The van der Waals surface area contributed by atoms with Crippen LogP contribution in [0.2, 0.25) is 0 Å². The van der Waals surface area contributed by atoms with Gasteiger partial charge in [-0.3, -0.25) is 9.59 Å². The average Bonchev–Trinajstić information content (AvgIpc) is 2.72. The number of ketones is 1. The minimum Gasteiger partial charge on any atom is -0.384 e. The molecule has 0 radical (unpaired) electrons. The van der Waals surface area contributed by atoms with Crippen LogP contribution in [-0.2, 0) is 9.53 Å². The van der Waals surface area contributed by atoms with E-state index in [0.29, 0.717) is 11.5 Å². The van der Waals surface area contributed by atoms with Crippen LogP contribution in [0.15, 0.2) is 18.2 Å². The summed E-state index contributed by atoms with van der Waals surface area (Å²) in [5, 5.41) is 0. The Hall–Kier alpha value is -1.88. The fraction of sp³-hybridized carbons (Fsp3) is 0.500. The number of carbonyl (C=O) groups is 2. The van der Waals surface area contributed by atoms with Gasteiger partial charge >= 0.3 is 0 Å². The highest BCUT2D eigenvalue weighted by Gasteiger charge is 2.34. The van der Waals surface area contributed by atoms with Gasteiger partial charge in [0.05, 0.1) is 17.9 Å². The molecule has 1 amide bonds. The van der Waals surface area contributed by atoms with Crippen molar-refractivity contribution in [2.24, 2.45) is 5.92 Å². The number of methoxy groups -OCH3 is 1. The SMILES string of the molecule is COCC1CCCN(c2ccc3c(c2)N(C)C(=O)C3=O)C1. The second-order valence-corrected chi connectivity index (χ2v) is 5.80. The normalized spacial score (nSPS) is 21.9. The van der Waals surface area contributed by atoms with Gasteiger partial charge in [-0.25, -0.2) is 0 Å². The van der Waals surface area contributed by atoms with E-state index in [1.807, 2.05) is 12.1 Å². The van der Waals surface area contributed by atoms with Crippen LogP contribution in [0.3, 0.4) is 0 Å². The van der Waals surface area contributed by atoms with E-state index in [9.17, 15) is 9.59 Å². The number of carbonyl (C=O) groups excluding carboxylic acids is 2. The van der Waals surface area contributed by atoms with E-state index in [0.717, 1.165) is 37.5 Å². The molecule has 1 aromatic carbocycles. The first-order chi connectivity index (χ1) is 10.1. The maximum atomic E-state index is 11.8. The highest BCUT2D eigenvalue weighted by molar-refractivity contribution is 6.52. The van der Waals surface area contributed by atoms with E-state index in [1.165, 1.54) is 11.3 Å². The Kier molecular flexibility index (Phi) is 3.68. The second kappa shape index (κ2) is 5.48. The Morgan fingerprint density at radius 3 is 2.90 bits per heavy atom. The molecule has 2 heterocycles. The van der Waals surface area contributed by atoms with Crippen molar-refractivity contribution in [1.29, 1.82) is 0 Å². The quantitative estimate of drug-likeness (QED) is 0.795. The van der Waals surface area contributed by atoms with Gasteiger partial charge in [-0.05, 0) is 37.0 Å². The fourth-order valence-electron chi connectivity index (χ4n) is 3.23. The van der Waals surface area contributed by atoms with E-state index in [4.69, 9.17) is 4.74 Å². The number of anilines is 2. The molecule has 0 aliphatic carbocycles. The zero-order valence-electron chi connectivity index (χ0n) is 12.5. The van der Waals surface area contributed by atoms with E-state index >= 15 is 0 Å². The molecule has 0 saturated carbocycles. The van der Waals surface area contributed by atoms with Gasteiger partial charge in [0, 0.05) is 32.9 Å². The third-order valence-corrected chi connectivity index (χ3v) is 4.37. The summed E-state index contributed by atoms with van der Waals surface area (Å²) in [4.78, 5) is 27.3. The highest BCUT2D eigenvalue weighted by atomic mass is 16.5. The highest BCUT2D eigenvalue weighted by Crippen LogP contribution is 2.33. The van der Waals surface area contributed by atoms with Crippen molar-refractivity contribution in [3.05, 3.63) is 23.8 Å². The Bertz CT molecular complexity index is 583. The van der Waals surface area contributed by atoms with Gasteiger partial charge in [0.25, 0.3) is 11.7 Å². The fourth-order valence-corrected chi connectivity index (χ4v) is 3.23. The zero-order chi connectivity index (χ0) is 15.0.